The van der Waals surface area contributed by atoms with Gasteiger partial charge in [0.1, 0.15) is 5.75 Å². The van der Waals surface area contributed by atoms with E-state index < -0.39 is 15.6 Å². The Morgan fingerprint density at radius 1 is 1.03 bits per heavy atom. The molecule has 1 aliphatic rings. The van der Waals surface area contributed by atoms with Crippen molar-refractivity contribution in [3.63, 3.8) is 0 Å². The Morgan fingerprint density at radius 3 is 2.47 bits per heavy atom. The van der Waals surface area contributed by atoms with Crippen LogP contribution in [0.25, 0.3) is 10.2 Å². The Hall–Kier alpha value is -2.45. The molecule has 0 atom stereocenters. The van der Waals surface area contributed by atoms with Crippen molar-refractivity contribution in [2.45, 2.75) is 19.1 Å². The lowest BCUT2D eigenvalue weighted by molar-refractivity contribution is -0.128. The van der Waals surface area contributed by atoms with Crippen LogP contribution in [0.3, 0.4) is 0 Å². The summed E-state index contributed by atoms with van der Waals surface area (Å²) in [5.74, 6) is -0.864. The van der Waals surface area contributed by atoms with Gasteiger partial charge in [-0.2, -0.15) is 0 Å². The van der Waals surface area contributed by atoms with Gasteiger partial charge in [0.2, 0.25) is 5.91 Å². The quantitative estimate of drug-likeness (QED) is 0.585. The van der Waals surface area contributed by atoms with Crippen LogP contribution in [0.15, 0.2) is 48.5 Å². The summed E-state index contributed by atoms with van der Waals surface area (Å²) in [6.45, 7) is 4.47. The lowest BCUT2D eigenvalue weighted by Crippen LogP contribution is -2.50. The molecule has 1 fully saturated rings. The van der Waals surface area contributed by atoms with E-state index in [0.29, 0.717) is 31.7 Å². The summed E-state index contributed by atoms with van der Waals surface area (Å²) in [7, 11) is -3.49. The van der Waals surface area contributed by atoms with Crippen molar-refractivity contribution in [1.29, 1.82) is 0 Å². The molecule has 1 aromatic heterocycles. The molecule has 0 radical (unpaired) electrons. The van der Waals surface area contributed by atoms with Crippen LogP contribution >= 0.6 is 11.3 Å². The molecule has 158 valence electrons. The molecule has 8 heteroatoms. The average Bonchev–Trinajstić information content (AvgIpc) is 3.18. The molecular weight excluding hydrogens is 418 g/mol. The van der Waals surface area contributed by atoms with E-state index in [-0.39, 0.29) is 11.7 Å². The molecule has 0 N–H and O–H groups in total. The number of anilines is 1. The monoisotopic (exact) mass is 443 g/mol. The van der Waals surface area contributed by atoms with Crippen molar-refractivity contribution < 1.29 is 13.2 Å². The summed E-state index contributed by atoms with van der Waals surface area (Å²) in [4.78, 5) is 21.3. The van der Waals surface area contributed by atoms with Crippen LogP contribution in [0, 0.1) is 0 Å². The Labute approximate surface area is 181 Å². The maximum Gasteiger partial charge on any atom is 0.237 e. The average molecular weight is 444 g/mol. The third kappa shape index (κ3) is 4.65. The van der Waals surface area contributed by atoms with Gasteiger partial charge in [0.25, 0.3) is 0 Å². The Kier molecular flexibility index (Phi) is 6.06. The van der Waals surface area contributed by atoms with Gasteiger partial charge in [-0.05, 0) is 23.6 Å². The van der Waals surface area contributed by atoms with Crippen LogP contribution in [0.2, 0.25) is 0 Å². The first-order valence-corrected chi connectivity index (χ1v) is 12.7. The molecule has 2 heterocycles. The second-order valence-electron chi connectivity index (χ2n) is 7.50. The second kappa shape index (κ2) is 8.73. The lowest BCUT2D eigenvalue weighted by atomic mass is 10.1. The SMILES string of the molecule is CCc1cccc2sc(N3CCN(C(=O)CS(=O)(=O)Cc4ccccc4)CC3)nc12. The number of carbonyl (C=O) groups is 1. The molecule has 0 aliphatic carbocycles. The molecule has 1 aliphatic heterocycles. The number of piperazine rings is 1. The van der Waals surface area contributed by atoms with E-state index in [1.807, 2.05) is 6.07 Å². The van der Waals surface area contributed by atoms with Crippen molar-refractivity contribution >= 4 is 42.4 Å². The van der Waals surface area contributed by atoms with E-state index in [0.717, 1.165) is 17.1 Å². The number of thiazole rings is 1. The van der Waals surface area contributed by atoms with Gasteiger partial charge < -0.3 is 9.80 Å². The molecule has 1 saturated heterocycles. The maximum absolute atomic E-state index is 12.6. The number of nitrogens with zero attached hydrogens (tertiary/aromatic N) is 3. The Morgan fingerprint density at radius 2 is 1.77 bits per heavy atom. The molecule has 0 unspecified atom stereocenters. The summed E-state index contributed by atoms with van der Waals surface area (Å²) in [5.41, 5.74) is 3.01. The zero-order valence-corrected chi connectivity index (χ0v) is 18.6. The van der Waals surface area contributed by atoms with Gasteiger partial charge in [-0.1, -0.05) is 60.7 Å². The standard InChI is InChI=1S/C22H25N3O3S2/c1-2-18-9-6-10-19-21(18)23-22(29-19)25-13-11-24(12-14-25)20(26)16-30(27,28)15-17-7-4-3-5-8-17/h3-10H,2,11-16H2,1H3. The summed E-state index contributed by atoms with van der Waals surface area (Å²) in [5, 5.41) is 0.967. The minimum Gasteiger partial charge on any atom is -0.345 e. The van der Waals surface area contributed by atoms with Crippen LogP contribution in [0.5, 0.6) is 0 Å². The summed E-state index contributed by atoms with van der Waals surface area (Å²) < 4.78 is 26.0. The van der Waals surface area contributed by atoms with Gasteiger partial charge in [-0.15, -0.1) is 0 Å². The van der Waals surface area contributed by atoms with Gasteiger partial charge in [-0.3, -0.25) is 4.79 Å². The molecule has 1 amide bonds. The first-order chi connectivity index (χ1) is 14.4. The van der Waals surface area contributed by atoms with Gasteiger partial charge in [-0.25, -0.2) is 13.4 Å². The molecule has 6 nitrogen and oxygen atoms in total. The lowest BCUT2D eigenvalue weighted by Gasteiger charge is -2.34. The number of aryl methyl sites for hydroxylation is 1. The van der Waals surface area contributed by atoms with Crippen molar-refractivity contribution in [3.8, 4) is 0 Å². The number of hydrogen-bond donors (Lipinski definition) is 0. The predicted octanol–water partition coefficient (Wildman–Crippen LogP) is 3.12. The molecule has 2 aromatic carbocycles. The van der Waals surface area contributed by atoms with E-state index in [2.05, 4.69) is 30.0 Å². The number of fused-ring (bicyclic) bond motifs is 1. The highest BCUT2D eigenvalue weighted by Gasteiger charge is 2.26. The molecule has 0 bridgehead atoms. The molecule has 0 spiro atoms. The van der Waals surface area contributed by atoms with E-state index in [4.69, 9.17) is 4.98 Å². The third-order valence-electron chi connectivity index (χ3n) is 5.35. The van der Waals surface area contributed by atoms with E-state index in [9.17, 15) is 13.2 Å². The predicted molar refractivity (Wildman–Crippen MR) is 122 cm³/mol. The highest BCUT2D eigenvalue weighted by molar-refractivity contribution is 7.91. The van der Waals surface area contributed by atoms with Crippen LogP contribution in [0.4, 0.5) is 5.13 Å². The first kappa shape index (κ1) is 20.8. The van der Waals surface area contributed by atoms with Gasteiger partial charge in [0, 0.05) is 26.2 Å². The highest BCUT2D eigenvalue weighted by Crippen LogP contribution is 2.31. The summed E-state index contributed by atoms with van der Waals surface area (Å²) in [6.07, 6.45) is 0.945. The smallest absolute Gasteiger partial charge is 0.237 e. The maximum atomic E-state index is 12.6. The fourth-order valence-corrected chi connectivity index (χ4v) is 6.15. The number of para-hydroxylation sites is 1. The van der Waals surface area contributed by atoms with E-state index in [1.165, 1.54) is 10.3 Å². The molecule has 3 aromatic rings. The van der Waals surface area contributed by atoms with Crippen molar-refractivity contribution in [2.24, 2.45) is 0 Å². The number of sulfone groups is 1. The number of amides is 1. The number of carbonyl (C=O) groups excluding carboxylic acids is 1. The van der Waals surface area contributed by atoms with E-state index in [1.54, 1.807) is 40.5 Å². The normalized spacial score (nSPS) is 15.0. The van der Waals surface area contributed by atoms with Gasteiger partial charge in [0.15, 0.2) is 15.0 Å². The number of aromatic nitrogens is 1. The summed E-state index contributed by atoms with van der Waals surface area (Å²) >= 11 is 1.67. The van der Waals surface area contributed by atoms with Crippen LogP contribution in [-0.2, 0) is 26.8 Å². The van der Waals surface area contributed by atoms with Crippen LogP contribution in [0.1, 0.15) is 18.1 Å². The zero-order chi connectivity index (χ0) is 21.1. The van der Waals surface area contributed by atoms with E-state index >= 15 is 0 Å². The Balaban J connectivity index is 1.37. The number of benzene rings is 2. The Bertz CT molecular complexity index is 1130. The molecule has 0 saturated carbocycles. The zero-order valence-electron chi connectivity index (χ0n) is 17.0. The van der Waals surface area contributed by atoms with Crippen molar-refractivity contribution in [2.75, 3.05) is 36.8 Å². The van der Waals surface area contributed by atoms with Crippen LogP contribution < -0.4 is 4.90 Å². The molecule has 4 rings (SSSR count). The first-order valence-electron chi connectivity index (χ1n) is 10.1. The second-order valence-corrected chi connectivity index (χ2v) is 10.6. The molecule has 30 heavy (non-hydrogen) atoms. The van der Waals surface area contributed by atoms with Gasteiger partial charge in [0.05, 0.1) is 16.0 Å². The fraction of sp³-hybridized carbons (Fsp3) is 0.364. The fourth-order valence-electron chi connectivity index (χ4n) is 3.72. The number of rotatable bonds is 6. The van der Waals surface area contributed by atoms with Crippen LogP contribution in [-0.4, -0.2) is 56.1 Å². The minimum absolute atomic E-state index is 0.106. The third-order valence-corrected chi connectivity index (χ3v) is 7.89. The van der Waals surface area contributed by atoms with Crippen molar-refractivity contribution in [3.05, 3.63) is 59.7 Å². The van der Waals surface area contributed by atoms with Crippen molar-refractivity contribution in [1.82, 2.24) is 9.88 Å². The molecular formula is C22H25N3O3S2. The number of hydrogen-bond acceptors (Lipinski definition) is 6. The highest BCUT2D eigenvalue weighted by atomic mass is 32.2. The topological polar surface area (TPSA) is 70.6 Å². The largest absolute Gasteiger partial charge is 0.345 e. The minimum atomic E-state index is -3.49. The van der Waals surface area contributed by atoms with Gasteiger partial charge >= 0.3 is 0 Å². The summed E-state index contributed by atoms with van der Waals surface area (Å²) in [6, 6.07) is 15.2.